The van der Waals surface area contributed by atoms with E-state index in [4.69, 9.17) is 0 Å². The van der Waals surface area contributed by atoms with Crippen molar-refractivity contribution in [1.82, 2.24) is 8.75 Å². The first-order chi connectivity index (χ1) is 4.75. The monoisotopic (exact) mass is 159 g/mol. The Morgan fingerprint density at radius 2 is 2.50 bits per heavy atom. The normalized spacial score (nSPS) is 9.80. The van der Waals surface area contributed by atoms with Crippen LogP contribution in [0.4, 0.5) is 5.82 Å². The van der Waals surface area contributed by atoms with Gasteiger partial charge in [0.15, 0.2) is 0 Å². The highest BCUT2D eigenvalue weighted by atomic mass is 32.1. The molecule has 1 aromatic heterocycles. The second kappa shape index (κ2) is 2.83. The van der Waals surface area contributed by atoms with Gasteiger partial charge in [-0.15, -0.1) is 0 Å². The maximum Gasteiger partial charge on any atom is 0.302 e. The molecular formula is C5H9N3OS. The molecule has 10 heavy (non-hydrogen) atoms. The van der Waals surface area contributed by atoms with Gasteiger partial charge in [0.2, 0.25) is 5.82 Å². The molecule has 1 rings (SSSR count). The van der Waals surface area contributed by atoms with Gasteiger partial charge in [-0.05, 0) is 6.92 Å². The Bertz CT molecular complexity index is 253. The second-order valence-electron chi connectivity index (χ2n) is 1.95. The molecule has 1 N–H and O–H groups in total. The number of hydrogen-bond donors (Lipinski definition) is 1. The van der Waals surface area contributed by atoms with Crippen LogP contribution in [-0.4, -0.2) is 22.3 Å². The van der Waals surface area contributed by atoms with E-state index in [1.807, 2.05) is 14.0 Å². The van der Waals surface area contributed by atoms with Crippen LogP contribution < -0.4 is 10.5 Å². The summed E-state index contributed by atoms with van der Waals surface area (Å²) in [5, 5.41) is 0. The van der Waals surface area contributed by atoms with E-state index in [2.05, 4.69) is 8.75 Å². The Labute approximate surface area is 62.8 Å². The summed E-state index contributed by atoms with van der Waals surface area (Å²) >= 11 is 1.08. The van der Waals surface area contributed by atoms with Crippen LogP contribution in [0.3, 0.4) is 0 Å². The number of aromatic nitrogens is 2. The van der Waals surface area contributed by atoms with Crippen molar-refractivity contribution < 1.29 is 0 Å². The summed E-state index contributed by atoms with van der Waals surface area (Å²) < 4.78 is 6.40. The van der Waals surface area contributed by atoms with Crippen molar-refractivity contribution in [1.29, 1.82) is 0 Å². The fourth-order valence-electron chi connectivity index (χ4n) is 0.587. The molecule has 0 atom stereocenters. The quantitative estimate of drug-likeness (QED) is 0.674. The molecule has 1 aromatic rings. The summed E-state index contributed by atoms with van der Waals surface area (Å²) in [7, 11) is 1.84. The third-order valence-corrected chi connectivity index (χ3v) is 1.85. The molecule has 0 saturated carbocycles. The van der Waals surface area contributed by atoms with Crippen molar-refractivity contribution >= 4 is 17.5 Å². The largest absolute Gasteiger partial charge is 0.354 e. The van der Waals surface area contributed by atoms with E-state index >= 15 is 0 Å². The molecule has 0 aliphatic rings. The third kappa shape index (κ3) is 1.18. The molecule has 0 spiro atoms. The predicted octanol–water partition coefficient (Wildman–Crippen LogP) is 0.288. The van der Waals surface area contributed by atoms with Crippen LogP contribution in [0.25, 0.3) is 0 Å². The highest BCUT2D eigenvalue weighted by molar-refractivity contribution is 6.99. The summed E-state index contributed by atoms with van der Waals surface area (Å²) in [4.78, 5) is 12.7. The van der Waals surface area contributed by atoms with E-state index in [0.717, 1.165) is 18.3 Å². The Morgan fingerprint density at radius 3 is 2.90 bits per heavy atom. The Hall–Kier alpha value is -0.840. The van der Waals surface area contributed by atoms with Gasteiger partial charge in [-0.1, -0.05) is 0 Å². The summed E-state index contributed by atoms with van der Waals surface area (Å²) in [6.45, 7) is 2.77. The molecule has 0 radical (unpaired) electrons. The number of H-pyrrole nitrogens is 1. The van der Waals surface area contributed by atoms with E-state index in [0.29, 0.717) is 5.82 Å². The van der Waals surface area contributed by atoms with E-state index in [-0.39, 0.29) is 5.56 Å². The summed E-state index contributed by atoms with van der Waals surface area (Å²) in [5.74, 6) is 0.507. The lowest BCUT2D eigenvalue weighted by atomic mass is 10.6. The minimum atomic E-state index is -0.102. The molecule has 0 saturated heterocycles. The van der Waals surface area contributed by atoms with Gasteiger partial charge in [-0.25, -0.2) is 0 Å². The van der Waals surface area contributed by atoms with Gasteiger partial charge < -0.3 is 4.90 Å². The predicted molar refractivity (Wildman–Crippen MR) is 41.7 cm³/mol. The molecular weight excluding hydrogens is 150 g/mol. The van der Waals surface area contributed by atoms with E-state index in [1.54, 1.807) is 4.90 Å². The van der Waals surface area contributed by atoms with Gasteiger partial charge in [-0.3, -0.25) is 9.17 Å². The van der Waals surface area contributed by atoms with Gasteiger partial charge in [0.25, 0.3) is 0 Å². The SMILES string of the molecule is CCN(C)c1ns[nH]c1=O. The standard InChI is InChI=1S/C5H9N3OS/c1-3-8(2)4-5(9)7-10-6-4/h3H2,1-2H3,(H,7,9). The molecule has 4 nitrogen and oxygen atoms in total. The van der Waals surface area contributed by atoms with Crippen molar-refractivity contribution in [2.45, 2.75) is 6.92 Å². The van der Waals surface area contributed by atoms with Crippen molar-refractivity contribution in [3.8, 4) is 0 Å². The molecule has 0 aliphatic heterocycles. The van der Waals surface area contributed by atoms with Crippen LogP contribution in [0.2, 0.25) is 0 Å². The molecule has 5 heteroatoms. The summed E-state index contributed by atoms with van der Waals surface area (Å²) in [5.41, 5.74) is -0.102. The Balaban J connectivity index is 2.93. The maximum atomic E-state index is 10.9. The Morgan fingerprint density at radius 1 is 1.80 bits per heavy atom. The third-order valence-electron chi connectivity index (χ3n) is 1.31. The lowest BCUT2D eigenvalue weighted by Gasteiger charge is -2.09. The van der Waals surface area contributed by atoms with Crippen molar-refractivity contribution in [3.05, 3.63) is 10.4 Å². The number of anilines is 1. The van der Waals surface area contributed by atoms with Crippen LogP contribution in [0.15, 0.2) is 4.79 Å². The topological polar surface area (TPSA) is 49.0 Å². The first-order valence-electron chi connectivity index (χ1n) is 3.01. The van der Waals surface area contributed by atoms with Crippen LogP contribution in [0.5, 0.6) is 0 Å². The smallest absolute Gasteiger partial charge is 0.302 e. The van der Waals surface area contributed by atoms with Gasteiger partial charge in [0, 0.05) is 25.3 Å². The van der Waals surface area contributed by atoms with E-state index < -0.39 is 0 Å². The van der Waals surface area contributed by atoms with Crippen molar-refractivity contribution in [2.24, 2.45) is 0 Å². The van der Waals surface area contributed by atoms with Crippen molar-refractivity contribution in [3.63, 3.8) is 0 Å². The number of hydrogen-bond acceptors (Lipinski definition) is 4. The Kier molecular flexibility index (Phi) is 2.06. The summed E-state index contributed by atoms with van der Waals surface area (Å²) in [6, 6.07) is 0. The van der Waals surface area contributed by atoms with Crippen LogP contribution in [-0.2, 0) is 0 Å². The zero-order valence-corrected chi connectivity index (χ0v) is 6.73. The average molecular weight is 159 g/mol. The molecule has 0 fully saturated rings. The molecule has 0 aliphatic carbocycles. The second-order valence-corrected chi connectivity index (χ2v) is 2.52. The maximum absolute atomic E-state index is 10.9. The minimum absolute atomic E-state index is 0.102. The van der Waals surface area contributed by atoms with Gasteiger partial charge >= 0.3 is 5.56 Å². The van der Waals surface area contributed by atoms with Crippen LogP contribution >= 0.6 is 11.7 Å². The molecule has 0 aromatic carbocycles. The van der Waals surface area contributed by atoms with Crippen LogP contribution in [0, 0.1) is 0 Å². The minimum Gasteiger partial charge on any atom is -0.354 e. The lowest BCUT2D eigenvalue weighted by Crippen LogP contribution is -2.22. The van der Waals surface area contributed by atoms with Gasteiger partial charge in [0.1, 0.15) is 0 Å². The van der Waals surface area contributed by atoms with Crippen LogP contribution in [0.1, 0.15) is 6.92 Å². The number of nitrogens with zero attached hydrogens (tertiary/aromatic N) is 2. The zero-order chi connectivity index (χ0) is 7.56. The fourth-order valence-corrected chi connectivity index (χ4v) is 1.12. The average Bonchev–Trinajstić information content (AvgIpc) is 2.34. The molecule has 1 heterocycles. The molecule has 0 bridgehead atoms. The van der Waals surface area contributed by atoms with Gasteiger partial charge in [0.05, 0.1) is 0 Å². The number of rotatable bonds is 2. The van der Waals surface area contributed by atoms with E-state index in [1.165, 1.54) is 0 Å². The molecule has 0 amide bonds. The van der Waals surface area contributed by atoms with E-state index in [9.17, 15) is 4.79 Å². The first kappa shape index (κ1) is 7.27. The first-order valence-corrected chi connectivity index (χ1v) is 3.78. The van der Waals surface area contributed by atoms with Crippen molar-refractivity contribution in [2.75, 3.05) is 18.5 Å². The summed E-state index contributed by atoms with van der Waals surface area (Å²) in [6.07, 6.45) is 0. The highest BCUT2D eigenvalue weighted by Crippen LogP contribution is 1.99. The lowest BCUT2D eigenvalue weighted by molar-refractivity contribution is 0.942. The number of aromatic amines is 1. The van der Waals surface area contributed by atoms with Gasteiger partial charge in [-0.2, -0.15) is 4.37 Å². The zero-order valence-electron chi connectivity index (χ0n) is 5.92. The molecule has 0 unspecified atom stereocenters. The fraction of sp³-hybridized carbons (Fsp3) is 0.600. The molecule has 56 valence electrons. The highest BCUT2D eigenvalue weighted by Gasteiger charge is 2.04. The number of nitrogens with one attached hydrogen (secondary N) is 1.